The van der Waals surface area contributed by atoms with Crippen molar-refractivity contribution in [2.45, 2.75) is 0 Å². The number of ketones is 1. The van der Waals surface area contributed by atoms with Crippen molar-refractivity contribution in [3.05, 3.63) is 68.3 Å². The van der Waals surface area contributed by atoms with Crippen LogP contribution in [0.5, 0.6) is 0 Å². The van der Waals surface area contributed by atoms with Gasteiger partial charge in [-0.05, 0) is 24.3 Å². The van der Waals surface area contributed by atoms with Crippen LogP contribution in [0.4, 0.5) is 11.4 Å². The molecule has 112 valence electrons. The Morgan fingerprint density at radius 3 is 2.74 bits per heavy atom. The predicted molar refractivity (Wildman–Crippen MR) is 89.6 cm³/mol. The van der Waals surface area contributed by atoms with Crippen LogP contribution >= 0.6 is 15.9 Å². The van der Waals surface area contributed by atoms with Crippen LogP contribution < -0.4 is 0 Å². The lowest BCUT2D eigenvalue weighted by Crippen LogP contribution is -2.10. The highest BCUT2D eigenvalue weighted by Crippen LogP contribution is 2.34. The van der Waals surface area contributed by atoms with Crippen molar-refractivity contribution >= 4 is 49.7 Å². The zero-order valence-corrected chi connectivity index (χ0v) is 13.1. The number of aromatic nitrogens is 1. The van der Waals surface area contributed by atoms with E-state index in [1.54, 1.807) is 6.20 Å². The van der Waals surface area contributed by atoms with E-state index < -0.39 is 4.92 Å². The largest absolute Gasteiger partial charge is 0.360 e. The summed E-state index contributed by atoms with van der Waals surface area (Å²) in [5.74, 6) is -0.301. The molecule has 0 unspecified atom stereocenters. The number of benzene rings is 2. The average Bonchev–Trinajstić information content (AvgIpc) is 3.08. The van der Waals surface area contributed by atoms with Crippen molar-refractivity contribution in [1.82, 2.24) is 4.98 Å². The van der Waals surface area contributed by atoms with Crippen LogP contribution in [0.2, 0.25) is 0 Å². The van der Waals surface area contributed by atoms with Gasteiger partial charge in [-0.15, -0.1) is 0 Å². The van der Waals surface area contributed by atoms with Crippen molar-refractivity contribution in [2.24, 2.45) is 4.99 Å². The first-order valence-electron chi connectivity index (χ1n) is 6.73. The Bertz CT molecular complexity index is 1040. The fraction of sp³-hybridized carbons (Fsp3) is 0. The van der Waals surface area contributed by atoms with E-state index in [1.807, 2.05) is 18.2 Å². The number of hydrogen-bond donors (Lipinski definition) is 1. The maximum Gasteiger partial charge on any atom is 0.270 e. The fourth-order valence-corrected chi connectivity index (χ4v) is 3.05. The third-order valence-electron chi connectivity index (χ3n) is 3.78. The summed E-state index contributed by atoms with van der Waals surface area (Å²) < 4.78 is 0.894. The van der Waals surface area contributed by atoms with Gasteiger partial charge in [0.1, 0.15) is 5.71 Å². The van der Waals surface area contributed by atoms with E-state index in [0.717, 1.165) is 15.4 Å². The van der Waals surface area contributed by atoms with Gasteiger partial charge in [0.15, 0.2) is 0 Å². The zero-order chi connectivity index (χ0) is 16.1. The number of hydrogen-bond acceptors (Lipinski definition) is 4. The van der Waals surface area contributed by atoms with Crippen LogP contribution in [0, 0.1) is 10.1 Å². The summed E-state index contributed by atoms with van der Waals surface area (Å²) in [4.78, 5) is 30.4. The molecule has 1 aromatic heterocycles. The maximum absolute atomic E-state index is 12.6. The number of nitrogens with zero attached hydrogens (tertiary/aromatic N) is 2. The molecule has 0 amide bonds. The first-order valence-corrected chi connectivity index (χ1v) is 7.53. The van der Waals surface area contributed by atoms with Crippen LogP contribution in [0.15, 0.2) is 52.1 Å². The Kier molecular flexibility index (Phi) is 2.92. The Labute approximate surface area is 138 Å². The molecule has 7 heteroatoms. The number of nitrogens with one attached hydrogen (secondary N) is 1. The number of nitro groups is 1. The Morgan fingerprint density at radius 1 is 1.13 bits per heavy atom. The molecule has 0 aliphatic carbocycles. The van der Waals surface area contributed by atoms with E-state index in [-0.39, 0.29) is 17.0 Å². The van der Waals surface area contributed by atoms with Gasteiger partial charge in [0, 0.05) is 39.3 Å². The maximum atomic E-state index is 12.6. The molecule has 1 aliphatic heterocycles. The van der Waals surface area contributed by atoms with Crippen LogP contribution in [-0.4, -0.2) is 21.4 Å². The monoisotopic (exact) mass is 369 g/mol. The number of rotatable bonds is 2. The lowest BCUT2D eigenvalue weighted by Gasteiger charge is -1.98. The van der Waals surface area contributed by atoms with E-state index in [1.165, 1.54) is 18.2 Å². The molecule has 0 saturated carbocycles. The quantitative estimate of drug-likeness (QED) is 0.543. The minimum Gasteiger partial charge on any atom is -0.360 e. The summed E-state index contributed by atoms with van der Waals surface area (Å²) in [7, 11) is 0. The molecule has 0 atom stereocenters. The number of aromatic amines is 1. The average molecular weight is 370 g/mol. The first-order chi connectivity index (χ1) is 11.0. The van der Waals surface area contributed by atoms with Crippen molar-refractivity contribution in [1.29, 1.82) is 0 Å². The fourth-order valence-electron chi connectivity index (χ4n) is 2.69. The summed E-state index contributed by atoms with van der Waals surface area (Å²) in [6.45, 7) is 0. The number of aliphatic imine (C=N–C) groups is 1. The highest BCUT2D eigenvalue weighted by Gasteiger charge is 2.29. The Balaban J connectivity index is 1.86. The summed E-state index contributed by atoms with van der Waals surface area (Å²) in [5.41, 5.74) is 2.48. The summed E-state index contributed by atoms with van der Waals surface area (Å²) in [6, 6.07) is 9.84. The van der Waals surface area contributed by atoms with Gasteiger partial charge < -0.3 is 4.98 Å². The Morgan fingerprint density at radius 2 is 1.96 bits per heavy atom. The molecule has 2 heterocycles. The van der Waals surface area contributed by atoms with E-state index in [9.17, 15) is 14.9 Å². The lowest BCUT2D eigenvalue weighted by molar-refractivity contribution is -0.384. The number of halogens is 1. The van der Waals surface area contributed by atoms with E-state index >= 15 is 0 Å². The SMILES string of the molecule is O=C1C(c2c[nH]c3ccc(Br)cc23)=Nc2ccc([N+](=O)[O-])cc21. The van der Waals surface area contributed by atoms with Crippen LogP contribution in [0.3, 0.4) is 0 Å². The van der Waals surface area contributed by atoms with Gasteiger partial charge >= 0.3 is 0 Å². The second-order valence-electron chi connectivity index (χ2n) is 5.14. The van der Waals surface area contributed by atoms with Gasteiger partial charge in [-0.1, -0.05) is 15.9 Å². The third kappa shape index (κ3) is 2.08. The van der Waals surface area contributed by atoms with Gasteiger partial charge in [0.2, 0.25) is 5.78 Å². The highest BCUT2D eigenvalue weighted by atomic mass is 79.9. The topological polar surface area (TPSA) is 88.4 Å². The summed E-state index contributed by atoms with van der Waals surface area (Å²) >= 11 is 3.42. The molecule has 3 aromatic rings. The second-order valence-corrected chi connectivity index (χ2v) is 6.06. The van der Waals surface area contributed by atoms with Crippen molar-refractivity contribution < 1.29 is 9.72 Å². The molecule has 0 spiro atoms. The van der Waals surface area contributed by atoms with E-state index in [0.29, 0.717) is 17.0 Å². The van der Waals surface area contributed by atoms with Gasteiger partial charge in [-0.2, -0.15) is 0 Å². The highest BCUT2D eigenvalue weighted by molar-refractivity contribution is 9.10. The standard InChI is InChI=1S/C16H8BrN3O3/c17-8-1-3-13-10(5-8)12(7-18-13)15-16(21)11-6-9(20(22)23)2-4-14(11)19-15/h1-7,18H. The summed E-state index contributed by atoms with van der Waals surface area (Å²) in [5, 5.41) is 11.7. The van der Waals surface area contributed by atoms with Crippen LogP contribution in [0.25, 0.3) is 10.9 Å². The van der Waals surface area contributed by atoms with Crippen molar-refractivity contribution in [3.8, 4) is 0 Å². The first kappa shape index (κ1) is 13.8. The predicted octanol–water partition coefficient (Wildman–Crippen LogP) is 4.16. The minimum absolute atomic E-state index is 0.116. The number of nitro benzene ring substituents is 1. The van der Waals surface area contributed by atoms with Crippen LogP contribution in [-0.2, 0) is 0 Å². The number of carbonyl (C=O) groups is 1. The molecule has 1 aliphatic rings. The molecule has 0 saturated heterocycles. The number of fused-ring (bicyclic) bond motifs is 2. The van der Waals surface area contributed by atoms with Crippen molar-refractivity contribution in [2.75, 3.05) is 0 Å². The molecule has 6 nitrogen and oxygen atoms in total. The molecule has 1 N–H and O–H groups in total. The molecule has 0 bridgehead atoms. The number of Topliss-reactive ketones (excluding diaryl/α,β-unsaturated/α-hetero) is 1. The number of carbonyl (C=O) groups excluding carboxylic acids is 1. The van der Waals surface area contributed by atoms with Gasteiger partial charge in [0.05, 0.1) is 16.2 Å². The number of non-ortho nitro benzene ring substituents is 1. The lowest BCUT2D eigenvalue weighted by atomic mass is 10.0. The zero-order valence-electron chi connectivity index (χ0n) is 11.5. The molecule has 23 heavy (non-hydrogen) atoms. The molecular weight excluding hydrogens is 362 g/mol. The van der Waals surface area contributed by atoms with E-state index in [4.69, 9.17) is 0 Å². The van der Waals surface area contributed by atoms with Crippen molar-refractivity contribution in [3.63, 3.8) is 0 Å². The summed E-state index contributed by atoms with van der Waals surface area (Å²) in [6.07, 6.45) is 1.73. The second kappa shape index (κ2) is 4.85. The minimum atomic E-state index is -0.519. The Hall–Kier alpha value is -2.80. The van der Waals surface area contributed by atoms with E-state index in [2.05, 4.69) is 25.9 Å². The third-order valence-corrected chi connectivity index (χ3v) is 4.28. The normalized spacial score (nSPS) is 13.3. The van der Waals surface area contributed by atoms with Gasteiger partial charge in [-0.25, -0.2) is 4.99 Å². The molecule has 0 radical (unpaired) electrons. The molecule has 0 fully saturated rings. The van der Waals surface area contributed by atoms with Crippen LogP contribution in [0.1, 0.15) is 15.9 Å². The number of H-pyrrole nitrogens is 1. The van der Waals surface area contributed by atoms with Gasteiger partial charge in [0.25, 0.3) is 5.69 Å². The molecule has 2 aromatic carbocycles. The molecular formula is C16H8BrN3O3. The smallest absolute Gasteiger partial charge is 0.270 e. The van der Waals surface area contributed by atoms with Gasteiger partial charge in [-0.3, -0.25) is 14.9 Å². The molecule has 4 rings (SSSR count).